The number of benzene rings is 11. The van der Waals surface area contributed by atoms with Gasteiger partial charge in [0, 0.05) is 53.4 Å². The Bertz CT molecular complexity index is 3900. The van der Waals surface area contributed by atoms with Gasteiger partial charge in [-0.25, -0.2) is 0 Å². The molecule has 294 valence electrons. The van der Waals surface area contributed by atoms with Crippen molar-refractivity contribution in [1.29, 1.82) is 0 Å². The van der Waals surface area contributed by atoms with Crippen LogP contribution in [-0.2, 0) is 0 Å². The number of thiophene rings is 1. The van der Waals surface area contributed by atoms with Gasteiger partial charge in [-0.15, -0.1) is 11.3 Å². The van der Waals surface area contributed by atoms with Crippen molar-refractivity contribution < 1.29 is 4.42 Å². The van der Waals surface area contributed by atoms with E-state index in [4.69, 9.17) is 4.42 Å². The van der Waals surface area contributed by atoms with Gasteiger partial charge in [-0.1, -0.05) is 164 Å². The maximum absolute atomic E-state index is 6.56. The van der Waals surface area contributed by atoms with Gasteiger partial charge in [-0.05, 0) is 121 Å². The van der Waals surface area contributed by atoms with Crippen molar-refractivity contribution in [1.82, 2.24) is 0 Å². The first-order valence-corrected chi connectivity index (χ1v) is 22.3. The molecule has 2 aromatic heterocycles. The van der Waals surface area contributed by atoms with Crippen LogP contribution in [0.4, 0.5) is 17.1 Å². The number of nitrogens with zero attached hydrogens (tertiary/aromatic N) is 1. The number of hydrogen-bond acceptors (Lipinski definition) is 3. The van der Waals surface area contributed by atoms with Crippen LogP contribution in [0.2, 0.25) is 0 Å². The van der Waals surface area contributed by atoms with E-state index in [0.717, 1.165) is 55.5 Å². The quantitative estimate of drug-likeness (QED) is 0.155. The molecule has 0 saturated carbocycles. The summed E-state index contributed by atoms with van der Waals surface area (Å²) < 4.78 is 9.20. The van der Waals surface area contributed by atoms with Gasteiger partial charge in [-0.2, -0.15) is 0 Å². The molecule has 0 bridgehead atoms. The van der Waals surface area contributed by atoms with E-state index in [-0.39, 0.29) is 0 Å². The molecule has 2 heterocycles. The van der Waals surface area contributed by atoms with E-state index in [2.05, 4.69) is 229 Å². The highest BCUT2D eigenvalue weighted by Crippen LogP contribution is 2.44. The summed E-state index contributed by atoms with van der Waals surface area (Å²) in [6.45, 7) is 0. The van der Waals surface area contributed by atoms with Crippen LogP contribution in [-0.4, -0.2) is 0 Å². The van der Waals surface area contributed by atoms with Gasteiger partial charge in [0.2, 0.25) is 0 Å². The molecular formula is C60H37NOS. The van der Waals surface area contributed by atoms with E-state index in [0.29, 0.717) is 0 Å². The lowest BCUT2D eigenvalue weighted by Gasteiger charge is -2.26. The highest BCUT2D eigenvalue weighted by Gasteiger charge is 2.18. The normalized spacial score (nSPS) is 11.8. The van der Waals surface area contributed by atoms with Gasteiger partial charge in [0.15, 0.2) is 0 Å². The summed E-state index contributed by atoms with van der Waals surface area (Å²) in [4.78, 5) is 2.36. The standard InChI is InChI=1S/C60H37NOS/c1-3-11-48-39(9-1)19-20-44-37-43(28-35-49(44)48)38-21-29-45(30-22-38)61(47-33-25-42(26-34-47)52-15-7-16-54-53-13-5-6-18-57(53)63-60(52)54)46-31-23-41(24-32-46)50-14-8-17-56-58(50)55-36-27-40-10-2-4-12-51(40)59(55)62-56/h1-37H. The Morgan fingerprint density at radius 3 is 1.62 bits per heavy atom. The van der Waals surface area contributed by atoms with Crippen LogP contribution in [0, 0.1) is 0 Å². The van der Waals surface area contributed by atoms with E-state index in [1.54, 1.807) is 0 Å². The molecule has 63 heavy (non-hydrogen) atoms. The van der Waals surface area contributed by atoms with Crippen molar-refractivity contribution in [3.8, 4) is 33.4 Å². The SMILES string of the molecule is c1ccc2c(c1)ccc1cc(-c3ccc(N(c4ccc(-c5cccc6c5sc5ccccc56)cc4)c4ccc(-c5cccc6oc7c8ccccc8ccc7c56)cc4)cc3)ccc12. The lowest BCUT2D eigenvalue weighted by Crippen LogP contribution is -2.09. The second kappa shape index (κ2) is 14.3. The maximum Gasteiger partial charge on any atom is 0.143 e. The van der Waals surface area contributed by atoms with Gasteiger partial charge in [0.05, 0.1) is 0 Å². The van der Waals surface area contributed by atoms with Crippen LogP contribution in [0.3, 0.4) is 0 Å². The van der Waals surface area contributed by atoms with Crippen molar-refractivity contribution in [2.24, 2.45) is 0 Å². The summed E-state index contributed by atoms with van der Waals surface area (Å²) in [7, 11) is 0. The van der Waals surface area contributed by atoms with Crippen LogP contribution in [0.5, 0.6) is 0 Å². The first-order chi connectivity index (χ1) is 31.2. The summed E-state index contributed by atoms with van der Waals surface area (Å²) in [5.41, 5.74) is 12.3. The predicted octanol–water partition coefficient (Wildman–Crippen LogP) is 17.9. The smallest absolute Gasteiger partial charge is 0.143 e. The van der Waals surface area contributed by atoms with Crippen molar-refractivity contribution >= 4 is 103 Å². The first kappa shape index (κ1) is 35.7. The van der Waals surface area contributed by atoms with Crippen LogP contribution >= 0.6 is 11.3 Å². The molecule has 0 fully saturated rings. The van der Waals surface area contributed by atoms with Gasteiger partial charge >= 0.3 is 0 Å². The lowest BCUT2D eigenvalue weighted by molar-refractivity contribution is 0.673. The third-order valence-electron chi connectivity index (χ3n) is 12.9. The Morgan fingerprint density at radius 1 is 0.333 bits per heavy atom. The molecule has 13 rings (SSSR count). The molecule has 0 N–H and O–H groups in total. The fourth-order valence-electron chi connectivity index (χ4n) is 9.79. The first-order valence-electron chi connectivity index (χ1n) is 21.5. The van der Waals surface area contributed by atoms with Crippen molar-refractivity contribution in [3.05, 3.63) is 224 Å². The molecule has 0 aliphatic carbocycles. The summed E-state index contributed by atoms with van der Waals surface area (Å²) >= 11 is 1.87. The van der Waals surface area contributed by atoms with Crippen LogP contribution in [0.15, 0.2) is 229 Å². The number of fused-ring (bicyclic) bond motifs is 11. The fourth-order valence-corrected chi connectivity index (χ4v) is 11.0. The average Bonchev–Trinajstić information content (AvgIpc) is 3.94. The molecular weight excluding hydrogens is 783 g/mol. The molecule has 11 aromatic carbocycles. The van der Waals surface area contributed by atoms with Crippen molar-refractivity contribution in [2.45, 2.75) is 0 Å². The minimum Gasteiger partial charge on any atom is -0.455 e. The Kier molecular flexibility index (Phi) is 8.12. The maximum atomic E-state index is 6.56. The zero-order valence-electron chi connectivity index (χ0n) is 34.1. The molecule has 0 aliphatic heterocycles. The zero-order valence-corrected chi connectivity index (χ0v) is 34.9. The van der Waals surface area contributed by atoms with Gasteiger partial charge < -0.3 is 9.32 Å². The Morgan fingerprint density at radius 2 is 0.857 bits per heavy atom. The molecule has 0 unspecified atom stereocenters. The Hall–Kier alpha value is -7.98. The summed E-state index contributed by atoms with van der Waals surface area (Å²) in [6, 6.07) is 81.7. The molecule has 0 spiro atoms. The van der Waals surface area contributed by atoms with E-state index < -0.39 is 0 Å². The summed E-state index contributed by atoms with van der Waals surface area (Å²) in [5, 5.41) is 12.3. The van der Waals surface area contributed by atoms with Gasteiger partial charge in [0.1, 0.15) is 11.2 Å². The van der Waals surface area contributed by atoms with E-state index in [1.807, 2.05) is 11.3 Å². The molecule has 0 aliphatic rings. The van der Waals surface area contributed by atoms with Gasteiger partial charge in [0.25, 0.3) is 0 Å². The number of furan rings is 1. The van der Waals surface area contributed by atoms with E-state index >= 15 is 0 Å². The second-order valence-electron chi connectivity index (χ2n) is 16.4. The van der Waals surface area contributed by atoms with E-state index in [9.17, 15) is 0 Å². The summed E-state index contributed by atoms with van der Waals surface area (Å²) in [5.74, 6) is 0. The highest BCUT2D eigenvalue weighted by atomic mass is 32.1. The number of hydrogen-bond donors (Lipinski definition) is 0. The van der Waals surface area contributed by atoms with Crippen LogP contribution in [0.1, 0.15) is 0 Å². The van der Waals surface area contributed by atoms with E-state index in [1.165, 1.54) is 69.4 Å². The number of rotatable bonds is 6. The highest BCUT2D eigenvalue weighted by molar-refractivity contribution is 7.26. The van der Waals surface area contributed by atoms with Crippen molar-refractivity contribution in [2.75, 3.05) is 4.90 Å². The molecule has 3 heteroatoms. The Labute approximate surface area is 368 Å². The molecule has 0 amide bonds. The number of anilines is 3. The average molecular weight is 820 g/mol. The third kappa shape index (κ3) is 5.85. The third-order valence-corrected chi connectivity index (χ3v) is 14.1. The molecule has 13 aromatic rings. The lowest BCUT2D eigenvalue weighted by atomic mass is 9.97. The van der Waals surface area contributed by atoms with Crippen molar-refractivity contribution in [3.63, 3.8) is 0 Å². The monoisotopic (exact) mass is 819 g/mol. The predicted molar refractivity (Wildman–Crippen MR) is 270 cm³/mol. The molecule has 0 radical (unpaired) electrons. The molecule has 2 nitrogen and oxygen atoms in total. The fraction of sp³-hybridized carbons (Fsp3) is 0. The van der Waals surface area contributed by atoms with Crippen LogP contribution < -0.4 is 4.90 Å². The largest absolute Gasteiger partial charge is 0.455 e. The molecule has 0 atom stereocenters. The zero-order chi connectivity index (χ0) is 41.4. The Balaban J connectivity index is 0.903. The minimum absolute atomic E-state index is 0.899. The topological polar surface area (TPSA) is 16.4 Å². The molecule has 0 saturated heterocycles. The van der Waals surface area contributed by atoms with Crippen LogP contribution in [0.25, 0.3) is 108 Å². The summed E-state index contributed by atoms with van der Waals surface area (Å²) in [6.07, 6.45) is 0. The van der Waals surface area contributed by atoms with Gasteiger partial charge in [-0.3, -0.25) is 0 Å². The minimum atomic E-state index is 0.899. The second-order valence-corrected chi connectivity index (χ2v) is 17.5.